The molecule has 1 rings (SSSR count). The number of nitrogens with zero attached hydrogens (tertiary/aromatic N) is 2. The van der Waals surface area contributed by atoms with Gasteiger partial charge in [0.1, 0.15) is 0 Å². The zero-order valence-corrected chi connectivity index (χ0v) is 13.6. The third kappa shape index (κ3) is 7.65. The van der Waals surface area contributed by atoms with Gasteiger partial charge in [-0.25, -0.2) is 0 Å². The summed E-state index contributed by atoms with van der Waals surface area (Å²) in [5.74, 6) is 0.776. The predicted octanol–water partition coefficient (Wildman–Crippen LogP) is 2.43. The van der Waals surface area contributed by atoms with Gasteiger partial charge in [0.25, 0.3) is 0 Å². The topological polar surface area (TPSA) is 69.4 Å². The Bertz CT molecular complexity index is 476. The van der Waals surface area contributed by atoms with Crippen molar-refractivity contribution in [2.24, 2.45) is 4.99 Å². The van der Waals surface area contributed by atoms with Gasteiger partial charge in [-0.1, -0.05) is 25.5 Å². The van der Waals surface area contributed by atoms with Crippen LogP contribution in [0.4, 0.5) is 0 Å². The van der Waals surface area contributed by atoms with Gasteiger partial charge in [0.15, 0.2) is 5.96 Å². The van der Waals surface area contributed by atoms with Crippen molar-refractivity contribution in [1.82, 2.24) is 10.6 Å². The number of unbranched alkanes of at least 4 members (excludes halogenated alkanes) is 1. The molecule has 0 atom stereocenters. The Labute approximate surface area is 133 Å². The summed E-state index contributed by atoms with van der Waals surface area (Å²) in [5.41, 5.74) is 1.79. The van der Waals surface area contributed by atoms with Gasteiger partial charge >= 0.3 is 0 Å². The van der Waals surface area contributed by atoms with E-state index in [-0.39, 0.29) is 0 Å². The molecule has 0 aromatic heterocycles. The van der Waals surface area contributed by atoms with E-state index in [1.165, 1.54) is 6.42 Å². The van der Waals surface area contributed by atoms with Crippen molar-refractivity contribution in [2.45, 2.75) is 32.7 Å². The van der Waals surface area contributed by atoms with E-state index in [0.717, 1.165) is 44.1 Å². The van der Waals surface area contributed by atoms with E-state index >= 15 is 0 Å². The second-order valence-corrected chi connectivity index (χ2v) is 4.98. The summed E-state index contributed by atoms with van der Waals surface area (Å²) >= 11 is 0. The molecule has 0 unspecified atom stereocenters. The van der Waals surface area contributed by atoms with Crippen molar-refractivity contribution >= 4 is 5.96 Å². The highest BCUT2D eigenvalue weighted by Crippen LogP contribution is 2.02. The third-order valence-corrected chi connectivity index (χ3v) is 3.17. The highest BCUT2D eigenvalue weighted by Gasteiger charge is 1.98. The molecule has 0 aliphatic heterocycles. The van der Waals surface area contributed by atoms with Gasteiger partial charge in [-0.2, -0.15) is 5.26 Å². The maximum absolute atomic E-state index is 8.77. The molecule has 1 aromatic rings. The number of hydrogen-bond donors (Lipinski definition) is 2. The van der Waals surface area contributed by atoms with Crippen LogP contribution in [0.2, 0.25) is 0 Å². The van der Waals surface area contributed by atoms with Crippen molar-refractivity contribution in [3.8, 4) is 6.07 Å². The minimum atomic E-state index is 0.675. The number of rotatable bonds is 9. The summed E-state index contributed by atoms with van der Waals surface area (Å²) in [7, 11) is 1.76. The van der Waals surface area contributed by atoms with E-state index in [2.05, 4.69) is 28.6 Å². The lowest BCUT2D eigenvalue weighted by Gasteiger charge is -2.12. The molecule has 1 aromatic carbocycles. The second kappa shape index (κ2) is 11.6. The molecule has 0 bridgehead atoms. The molecule has 0 radical (unpaired) electrons. The molecule has 5 heteroatoms. The molecule has 0 aliphatic rings. The smallest absolute Gasteiger partial charge is 0.191 e. The number of benzene rings is 1. The lowest BCUT2D eigenvalue weighted by molar-refractivity contribution is 0.129. The Morgan fingerprint density at radius 1 is 1.18 bits per heavy atom. The molecular formula is C17H26N4O. The maximum atomic E-state index is 8.77. The van der Waals surface area contributed by atoms with E-state index in [1.807, 2.05) is 24.3 Å². The fraction of sp³-hybridized carbons (Fsp3) is 0.529. The average molecular weight is 302 g/mol. The number of nitriles is 1. The second-order valence-electron chi connectivity index (χ2n) is 4.98. The van der Waals surface area contributed by atoms with Crippen LogP contribution in [0.5, 0.6) is 0 Å². The van der Waals surface area contributed by atoms with Gasteiger partial charge in [-0.15, -0.1) is 0 Å². The summed E-state index contributed by atoms with van der Waals surface area (Å²) in [6, 6.07) is 9.64. The molecule has 120 valence electrons. The van der Waals surface area contributed by atoms with Crippen molar-refractivity contribution in [1.29, 1.82) is 5.26 Å². The maximum Gasteiger partial charge on any atom is 0.191 e. The van der Waals surface area contributed by atoms with Crippen LogP contribution in [-0.2, 0) is 11.3 Å². The van der Waals surface area contributed by atoms with Crippen LogP contribution in [0, 0.1) is 11.3 Å². The molecule has 0 aliphatic carbocycles. The highest BCUT2D eigenvalue weighted by molar-refractivity contribution is 5.79. The lowest BCUT2D eigenvalue weighted by atomic mass is 10.1. The summed E-state index contributed by atoms with van der Waals surface area (Å²) in [5, 5.41) is 15.3. The van der Waals surface area contributed by atoms with Crippen LogP contribution < -0.4 is 10.6 Å². The third-order valence-electron chi connectivity index (χ3n) is 3.17. The molecule has 0 saturated carbocycles. The quantitative estimate of drug-likeness (QED) is 0.417. The normalized spacial score (nSPS) is 11.0. The number of nitrogens with one attached hydrogen (secondary N) is 2. The predicted molar refractivity (Wildman–Crippen MR) is 89.7 cm³/mol. The SMILES string of the molecule is CCCCOCCCNC(=NC)NCc1ccc(C#N)cc1. The molecule has 0 fully saturated rings. The van der Waals surface area contributed by atoms with Crippen molar-refractivity contribution in [2.75, 3.05) is 26.8 Å². The Morgan fingerprint density at radius 3 is 2.55 bits per heavy atom. The molecule has 5 nitrogen and oxygen atoms in total. The molecule has 0 saturated heterocycles. The van der Waals surface area contributed by atoms with Crippen LogP contribution in [0.25, 0.3) is 0 Å². The van der Waals surface area contributed by atoms with E-state index in [1.54, 1.807) is 7.05 Å². The largest absolute Gasteiger partial charge is 0.381 e. The van der Waals surface area contributed by atoms with Crippen LogP contribution in [0.3, 0.4) is 0 Å². The van der Waals surface area contributed by atoms with Crippen LogP contribution in [0.15, 0.2) is 29.3 Å². The van der Waals surface area contributed by atoms with Gasteiger partial charge in [0.2, 0.25) is 0 Å². The summed E-state index contributed by atoms with van der Waals surface area (Å²) < 4.78 is 5.51. The Hall–Kier alpha value is -2.06. The average Bonchev–Trinajstić information content (AvgIpc) is 2.57. The standard InChI is InChI=1S/C17H26N4O/c1-3-4-11-22-12-5-10-20-17(19-2)21-14-16-8-6-15(13-18)7-9-16/h6-9H,3-5,10-12,14H2,1-2H3,(H2,19,20,21). The van der Waals surface area contributed by atoms with Crippen LogP contribution in [0.1, 0.15) is 37.3 Å². The molecule has 0 heterocycles. The Kier molecular flexibility index (Phi) is 9.47. The first-order valence-corrected chi connectivity index (χ1v) is 7.81. The molecule has 2 N–H and O–H groups in total. The van der Waals surface area contributed by atoms with Crippen LogP contribution in [-0.4, -0.2) is 32.8 Å². The van der Waals surface area contributed by atoms with E-state index < -0.39 is 0 Å². The first-order valence-electron chi connectivity index (χ1n) is 7.81. The molecule has 22 heavy (non-hydrogen) atoms. The lowest BCUT2D eigenvalue weighted by Crippen LogP contribution is -2.37. The van der Waals surface area contributed by atoms with Gasteiger partial charge in [-0.3, -0.25) is 4.99 Å². The Balaban J connectivity index is 2.18. The molecule has 0 amide bonds. The van der Waals surface area contributed by atoms with Gasteiger partial charge in [-0.05, 0) is 30.5 Å². The summed E-state index contributed by atoms with van der Waals surface area (Å²) in [6.45, 7) is 5.30. The van der Waals surface area contributed by atoms with E-state index in [4.69, 9.17) is 10.00 Å². The van der Waals surface area contributed by atoms with Crippen molar-refractivity contribution < 1.29 is 4.74 Å². The fourth-order valence-corrected chi connectivity index (χ4v) is 1.83. The number of hydrogen-bond acceptors (Lipinski definition) is 3. The number of ether oxygens (including phenoxy) is 1. The first kappa shape index (κ1) is 18.0. The minimum absolute atomic E-state index is 0.675. The summed E-state index contributed by atoms with van der Waals surface area (Å²) in [4.78, 5) is 4.19. The van der Waals surface area contributed by atoms with Crippen molar-refractivity contribution in [3.05, 3.63) is 35.4 Å². The zero-order chi connectivity index (χ0) is 16.0. The molecule has 0 spiro atoms. The molecular weight excluding hydrogens is 276 g/mol. The number of aliphatic imine (C=N–C) groups is 1. The minimum Gasteiger partial charge on any atom is -0.381 e. The zero-order valence-electron chi connectivity index (χ0n) is 13.6. The van der Waals surface area contributed by atoms with Crippen LogP contribution >= 0.6 is 0 Å². The van der Waals surface area contributed by atoms with Crippen molar-refractivity contribution in [3.63, 3.8) is 0 Å². The number of guanidine groups is 1. The highest BCUT2D eigenvalue weighted by atomic mass is 16.5. The fourth-order valence-electron chi connectivity index (χ4n) is 1.83. The van der Waals surface area contributed by atoms with Gasteiger partial charge in [0.05, 0.1) is 11.6 Å². The summed E-state index contributed by atoms with van der Waals surface area (Å²) in [6.07, 6.45) is 3.26. The van der Waals surface area contributed by atoms with E-state index in [9.17, 15) is 0 Å². The van der Waals surface area contributed by atoms with E-state index in [0.29, 0.717) is 12.1 Å². The first-order chi connectivity index (χ1) is 10.8. The van der Waals surface area contributed by atoms with Gasteiger partial charge < -0.3 is 15.4 Å². The Morgan fingerprint density at radius 2 is 1.91 bits per heavy atom. The monoisotopic (exact) mass is 302 g/mol. The van der Waals surface area contributed by atoms with Gasteiger partial charge in [0, 0.05) is 33.4 Å².